The van der Waals surface area contributed by atoms with Gasteiger partial charge in [0.05, 0.1) is 11.3 Å². The number of thioether (sulfide) groups is 1. The van der Waals surface area contributed by atoms with Crippen LogP contribution in [0, 0.1) is 13.8 Å². The van der Waals surface area contributed by atoms with Crippen LogP contribution in [0.4, 0.5) is 5.69 Å². The van der Waals surface area contributed by atoms with E-state index in [2.05, 4.69) is 10.5 Å². The first-order valence-electron chi connectivity index (χ1n) is 10.6. The van der Waals surface area contributed by atoms with Crippen LogP contribution in [0.1, 0.15) is 27.4 Å². The summed E-state index contributed by atoms with van der Waals surface area (Å²) >= 11 is 1.57. The Hall–Kier alpha value is -3.78. The second kappa shape index (κ2) is 10.4. The number of ether oxygens (including phenoxy) is 2. The molecule has 1 N–H and O–H groups in total. The highest BCUT2D eigenvalue weighted by molar-refractivity contribution is 7.98. The lowest BCUT2D eigenvalue weighted by molar-refractivity contribution is -0.119. The number of carbonyl (C=O) groups is 2. The molecule has 1 amide bonds. The average molecular weight is 477 g/mol. The minimum atomic E-state index is -0.646. The zero-order valence-electron chi connectivity index (χ0n) is 19.1. The highest BCUT2D eigenvalue weighted by Crippen LogP contribution is 2.28. The number of nitrogens with zero attached hydrogens (tertiary/aromatic N) is 1. The van der Waals surface area contributed by atoms with E-state index in [4.69, 9.17) is 14.0 Å². The first-order chi connectivity index (χ1) is 16.4. The fraction of sp³-hybridized carbons (Fsp3) is 0.192. The fourth-order valence-electron chi connectivity index (χ4n) is 3.46. The van der Waals surface area contributed by atoms with E-state index in [0.29, 0.717) is 17.2 Å². The van der Waals surface area contributed by atoms with Gasteiger partial charge in [-0.2, -0.15) is 0 Å². The standard InChI is InChI=1S/C26H24N2O5S/c1-16-23(17(2)33-28-16)14-31-24-12-19-8-5-4-7-18(19)11-22(24)26(30)32-15-25(29)27-20-9-6-10-21(13-20)34-3/h4-13H,14-15H2,1-3H3,(H,27,29). The quantitative estimate of drug-likeness (QED) is 0.264. The third kappa shape index (κ3) is 5.40. The Kier molecular flexibility index (Phi) is 7.18. The van der Waals surface area contributed by atoms with Crippen LogP contribution >= 0.6 is 11.8 Å². The molecule has 8 heteroatoms. The first kappa shape index (κ1) is 23.4. The summed E-state index contributed by atoms with van der Waals surface area (Å²) in [6, 6.07) is 18.6. The van der Waals surface area contributed by atoms with Crippen LogP contribution in [-0.4, -0.2) is 29.9 Å². The van der Waals surface area contributed by atoms with Crippen LogP contribution in [0.25, 0.3) is 10.8 Å². The molecule has 174 valence electrons. The molecule has 0 unspecified atom stereocenters. The summed E-state index contributed by atoms with van der Waals surface area (Å²) in [5, 5.41) is 8.46. The Morgan fingerprint density at radius 3 is 2.50 bits per heavy atom. The Balaban J connectivity index is 1.50. The van der Waals surface area contributed by atoms with Gasteiger partial charge in [0, 0.05) is 10.6 Å². The molecule has 1 aromatic heterocycles. The molecule has 4 rings (SSSR count). The van der Waals surface area contributed by atoms with Crippen LogP contribution < -0.4 is 10.1 Å². The minimum Gasteiger partial charge on any atom is -0.488 e. The van der Waals surface area contributed by atoms with E-state index < -0.39 is 18.5 Å². The van der Waals surface area contributed by atoms with Crippen LogP contribution in [0.2, 0.25) is 0 Å². The Bertz CT molecular complexity index is 1330. The lowest BCUT2D eigenvalue weighted by Crippen LogP contribution is -2.21. The number of nitrogens with one attached hydrogen (secondary N) is 1. The molecule has 0 fully saturated rings. The molecule has 0 bridgehead atoms. The maximum atomic E-state index is 12.9. The predicted molar refractivity (Wildman–Crippen MR) is 131 cm³/mol. The Labute approximate surface area is 201 Å². The fourth-order valence-corrected chi connectivity index (χ4v) is 3.92. The van der Waals surface area contributed by atoms with E-state index in [1.807, 2.05) is 62.6 Å². The van der Waals surface area contributed by atoms with Gasteiger partial charge >= 0.3 is 5.97 Å². The molecule has 0 aliphatic rings. The molecule has 0 aliphatic carbocycles. The zero-order chi connectivity index (χ0) is 24.1. The Morgan fingerprint density at radius 2 is 1.79 bits per heavy atom. The predicted octanol–water partition coefficient (Wildman–Crippen LogP) is 5.54. The molecule has 0 saturated heterocycles. The number of amides is 1. The van der Waals surface area contributed by atoms with Gasteiger partial charge in [0.2, 0.25) is 0 Å². The topological polar surface area (TPSA) is 90.7 Å². The molecule has 3 aromatic carbocycles. The van der Waals surface area contributed by atoms with Crippen molar-refractivity contribution in [1.29, 1.82) is 0 Å². The molecular weight excluding hydrogens is 452 g/mol. The van der Waals surface area contributed by atoms with Gasteiger partial charge in [-0.25, -0.2) is 4.79 Å². The highest BCUT2D eigenvalue weighted by Gasteiger charge is 2.19. The largest absolute Gasteiger partial charge is 0.488 e. The normalized spacial score (nSPS) is 10.8. The first-order valence-corrected chi connectivity index (χ1v) is 11.9. The van der Waals surface area contributed by atoms with E-state index in [-0.39, 0.29) is 12.2 Å². The summed E-state index contributed by atoms with van der Waals surface area (Å²) in [4.78, 5) is 26.3. The van der Waals surface area contributed by atoms with Gasteiger partial charge in [-0.3, -0.25) is 4.79 Å². The van der Waals surface area contributed by atoms with Crippen LogP contribution in [0.15, 0.2) is 70.1 Å². The van der Waals surface area contributed by atoms with Crippen LogP contribution in [-0.2, 0) is 16.1 Å². The van der Waals surface area contributed by atoms with Crippen molar-refractivity contribution >= 4 is 40.1 Å². The summed E-state index contributed by atoms with van der Waals surface area (Å²) in [5.74, 6) is -0.0560. The van der Waals surface area contributed by atoms with Gasteiger partial charge in [0.15, 0.2) is 6.61 Å². The average Bonchev–Trinajstić information content (AvgIpc) is 3.17. The molecular formula is C26H24N2O5S. The van der Waals surface area contributed by atoms with Gasteiger partial charge < -0.3 is 19.3 Å². The van der Waals surface area contributed by atoms with Crippen LogP contribution in [0.3, 0.4) is 0 Å². The molecule has 1 heterocycles. The minimum absolute atomic E-state index is 0.187. The lowest BCUT2D eigenvalue weighted by atomic mass is 10.1. The number of carbonyl (C=O) groups excluding carboxylic acids is 2. The van der Waals surface area contributed by atoms with Gasteiger partial charge in [0.1, 0.15) is 23.7 Å². The second-order valence-electron chi connectivity index (χ2n) is 7.64. The molecule has 0 aliphatic heterocycles. The molecule has 0 radical (unpaired) electrons. The third-order valence-electron chi connectivity index (χ3n) is 5.31. The molecule has 0 saturated carbocycles. The van der Waals surface area contributed by atoms with Crippen molar-refractivity contribution < 1.29 is 23.6 Å². The number of hydrogen-bond acceptors (Lipinski definition) is 7. The zero-order valence-corrected chi connectivity index (χ0v) is 19.9. The van der Waals surface area contributed by atoms with Crippen molar-refractivity contribution in [2.45, 2.75) is 25.3 Å². The summed E-state index contributed by atoms with van der Waals surface area (Å²) in [6.45, 7) is 3.41. The monoisotopic (exact) mass is 476 g/mol. The molecule has 4 aromatic rings. The second-order valence-corrected chi connectivity index (χ2v) is 8.52. The number of rotatable bonds is 8. The maximum Gasteiger partial charge on any atom is 0.342 e. The number of anilines is 1. The van der Waals surface area contributed by atoms with Crippen molar-refractivity contribution in [3.05, 3.63) is 83.2 Å². The Morgan fingerprint density at radius 1 is 1.03 bits per heavy atom. The molecule has 7 nitrogen and oxygen atoms in total. The number of fused-ring (bicyclic) bond motifs is 1. The summed E-state index contributed by atoms with van der Waals surface area (Å²) in [5.41, 5.74) is 2.42. The van der Waals surface area contributed by atoms with Gasteiger partial charge in [0.25, 0.3) is 5.91 Å². The van der Waals surface area contributed by atoms with Gasteiger partial charge in [-0.1, -0.05) is 35.5 Å². The van der Waals surface area contributed by atoms with Crippen molar-refractivity contribution in [3.63, 3.8) is 0 Å². The molecule has 0 spiro atoms. The number of hydrogen-bond donors (Lipinski definition) is 1. The summed E-state index contributed by atoms with van der Waals surface area (Å²) in [6.07, 6.45) is 1.96. The third-order valence-corrected chi connectivity index (χ3v) is 6.03. The number of benzene rings is 3. The molecule has 34 heavy (non-hydrogen) atoms. The smallest absolute Gasteiger partial charge is 0.342 e. The molecule has 0 atom stereocenters. The van der Waals surface area contributed by atoms with E-state index >= 15 is 0 Å². The van der Waals surface area contributed by atoms with Crippen molar-refractivity contribution in [1.82, 2.24) is 5.16 Å². The van der Waals surface area contributed by atoms with Gasteiger partial charge in [-0.05, 0) is 61.2 Å². The van der Waals surface area contributed by atoms with E-state index in [0.717, 1.165) is 26.9 Å². The maximum absolute atomic E-state index is 12.9. The van der Waals surface area contributed by atoms with Gasteiger partial charge in [-0.15, -0.1) is 11.8 Å². The summed E-state index contributed by atoms with van der Waals surface area (Å²) < 4.78 is 16.5. The number of aryl methyl sites for hydroxylation is 2. The van der Waals surface area contributed by atoms with Crippen molar-refractivity contribution in [2.75, 3.05) is 18.2 Å². The van der Waals surface area contributed by atoms with Crippen molar-refractivity contribution in [2.24, 2.45) is 0 Å². The number of aromatic nitrogens is 1. The lowest BCUT2D eigenvalue weighted by Gasteiger charge is -2.13. The number of esters is 1. The van der Waals surface area contributed by atoms with E-state index in [9.17, 15) is 9.59 Å². The van der Waals surface area contributed by atoms with Crippen molar-refractivity contribution in [3.8, 4) is 5.75 Å². The summed E-state index contributed by atoms with van der Waals surface area (Å²) in [7, 11) is 0. The van der Waals surface area contributed by atoms with Crippen LogP contribution in [0.5, 0.6) is 5.75 Å². The van der Waals surface area contributed by atoms with E-state index in [1.54, 1.807) is 30.0 Å². The SMILES string of the molecule is CSc1cccc(NC(=O)COC(=O)c2cc3ccccc3cc2OCc2c(C)noc2C)c1. The highest BCUT2D eigenvalue weighted by atomic mass is 32.2. The van der Waals surface area contributed by atoms with E-state index in [1.165, 1.54) is 0 Å².